The van der Waals surface area contributed by atoms with Gasteiger partial charge in [0.1, 0.15) is 6.61 Å². The molecule has 41 heavy (non-hydrogen) atoms. The number of ketones is 1. The summed E-state index contributed by atoms with van der Waals surface area (Å²) in [5.74, 6) is -2.74. The third-order valence-electron chi connectivity index (χ3n) is 6.63. The van der Waals surface area contributed by atoms with Crippen LogP contribution in [0.4, 0.5) is 0 Å². The molecule has 8 nitrogen and oxygen atoms in total. The normalized spacial score (nSPS) is 13.4. The molecule has 0 aromatic heterocycles. The lowest BCUT2D eigenvalue weighted by atomic mass is 10.0. The maximum atomic E-state index is 13.3. The van der Waals surface area contributed by atoms with Gasteiger partial charge in [-0.05, 0) is 69.5 Å². The summed E-state index contributed by atoms with van der Waals surface area (Å²) in [5.41, 5.74) is 1.39. The molecule has 2 amide bonds. The zero-order valence-electron chi connectivity index (χ0n) is 24.4. The van der Waals surface area contributed by atoms with Crippen molar-refractivity contribution in [2.45, 2.75) is 70.5 Å². The number of Topliss-reactive ketones (excluding diaryl/α,β-unsaturated/α-hetero) is 1. The molecule has 3 rings (SSSR count). The molecule has 9 heteroatoms. The van der Waals surface area contributed by atoms with Crippen LogP contribution in [0.25, 0.3) is 10.8 Å². The topological polar surface area (TPSA) is 119 Å². The molecule has 3 aromatic carbocycles. The molecule has 0 aliphatic carbocycles. The molecule has 0 heterocycles. The Morgan fingerprint density at radius 2 is 1.59 bits per heavy atom. The van der Waals surface area contributed by atoms with Gasteiger partial charge in [0.05, 0.1) is 29.2 Å². The minimum atomic E-state index is -3.83. The fourth-order valence-corrected chi connectivity index (χ4v) is 5.99. The lowest BCUT2D eigenvalue weighted by Crippen LogP contribution is -2.45. The van der Waals surface area contributed by atoms with Gasteiger partial charge < -0.3 is 15.4 Å². The van der Waals surface area contributed by atoms with Crippen molar-refractivity contribution in [3.8, 4) is 0 Å². The van der Waals surface area contributed by atoms with E-state index in [9.17, 15) is 22.8 Å². The number of carbonyl (C=O) groups is 3. The summed E-state index contributed by atoms with van der Waals surface area (Å²) in [6.45, 7) is 8.93. The van der Waals surface area contributed by atoms with Gasteiger partial charge in [0.2, 0.25) is 11.8 Å². The maximum Gasteiger partial charge on any atom is 0.224 e. The SMILES string of the molecule is Cc1ccc(S(=O)(=O)C[C@@H](CCC(=O)NC(C)(C)C)C(=O)N[C@@H](C)C(=O)COCc2cccc3ccccc23)cc1. The predicted octanol–water partition coefficient (Wildman–Crippen LogP) is 4.52. The fraction of sp³-hybridized carbons (Fsp3) is 0.406. The number of sulfone groups is 1. The summed E-state index contributed by atoms with van der Waals surface area (Å²) in [6.07, 6.45) is -0.0213. The van der Waals surface area contributed by atoms with Gasteiger partial charge in [0, 0.05) is 12.0 Å². The summed E-state index contributed by atoms with van der Waals surface area (Å²) in [6, 6.07) is 19.3. The average Bonchev–Trinajstić information content (AvgIpc) is 2.90. The molecule has 0 aliphatic rings. The Hall–Kier alpha value is -3.56. The van der Waals surface area contributed by atoms with Crippen molar-refractivity contribution in [2.24, 2.45) is 5.92 Å². The third-order valence-corrected chi connectivity index (χ3v) is 8.46. The molecule has 2 atom stereocenters. The zero-order chi connectivity index (χ0) is 30.2. The van der Waals surface area contributed by atoms with Gasteiger partial charge >= 0.3 is 0 Å². The molecule has 220 valence electrons. The van der Waals surface area contributed by atoms with Crippen LogP contribution < -0.4 is 10.6 Å². The molecular formula is C32H40N2O6S. The average molecular weight is 581 g/mol. The first-order valence-electron chi connectivity index (χ1n) is 13.7. The van der Waals surface area contributed by atoms with E-state index in [1.54, 1.807) is 19.1 Å². The van der Waals surface area contributed by atoms with Gasteiger partial charge in [-0.3, -0.25) is 14.4 Å². The minimum Gasteiger partial charge on any atom is -0.369 e. The van der Waals surface area contributed by atoms with Crippen molar-refractivity contribution in [3.63, 3.8) is 0 Å². The number of rotatable bonds is 13. The van der Waals surface area contributed by atoms with Crippen molar-refractivity contribution < 1.29 is 27.5 Å². The third kappa shape index (κ3) is 9.79. The first kappa shape index (κ1) is 32.0. The van der Waals surface area contributed by atoms with Gasteiger partial charge in [-0.15, -0.1) is 0 Å². The van der Waals surface area contributed by atoms with E-state index in [0.29, 0.717) is 0 Å². The van der Waals surface area contributed by atoms with E-state index in [1.807, 2.05) is 70.2 Å². The summed E-state index contributed by atoms with van der Waals surface area (Å²) >= 11 is 0. The van der Waals surface area contributed by atoms with Crippen LogP contribution in [0.1, 0.15) is 51.7 Å². The highest BCUT2D eigenvalue weighted by molar-refractivity contribution is 7.91. The minimum absolute atomic E-state index is 0.0112. The number of hydrogen-bond donors (Lipinski definition) is 2. The van der Waals surface area contributed by atoms with Crippen LogP contribution in [0.2, 0.25) is 0 Å². The summed E-state index contributed by atoms with van der Waals surface area (Å²) in [5, 5.41) is 7.59. The Bertz CT molecular complexity index is 1470. The molecule has 0 saturated heterocycles. The standard InChI is InChI=1S/C32H40N2O6S/c1-22-13-16-27(17-14-22)41(38,39)21-26(15-18-30(36)34-32(3,4)5)31(37)33-23(2)29(35)20-40-19-25-11-8-10-24-9-6-7-12-28(24)25/h6-14,16-17,23,26H,15,18-21H2,1-5H3,(H,33,37)(H,34,36)/t23-,26+/m0/s1. The Kier molecular flexibility index (Phi) is 10.8. The largest absolute Gasteiger partial charge is 0.369 e. The number of aryl methyl sites for hydroxylation is 1. The highest BCUT2D eigenvalue weighted by atomic mass is 32.2. The van der Waals surface area contributed by atoms with Crippen molar-refractivity contribution in [3.05, 3.63) is 77.9 Å². The molecule has 0 saturated carbocycles. The predicted molar refractivity (Wildman–Crippen MR) is 160 cm³/mol. The number of ether oxygens (including phenoxy) is 1. The van der Waals surface area contributed by atoms with E-state index >= 15 is 0 Å². The van der Waals surface area contributed by atoms with Gasteiger partial charge in [0.25, 0.3) is 0 Å². The number of hydrogen-bond acceptors (Lipinski definition) is 6. The quantitative estimate of drug-likeness (QED) is 0.307. The van der Waals surface area contributed by atoms with Gasteiger partial charge in [0.15, 0.2) is 15.6 Å². The Morgan fingerprint density at radius 1 is 0.927 bits per heavy atom. The second kappa shape index (κ2) is 13.9. The summed E-state index contributed by atoms with van der Waals surface area (Å²) in [4.78, 5) is 38.6. The molecule has 0 radical (unpaired) electrons. The second-order valence-electron chi connectivity index (χ2n) is 11.5. The van der Waals surface area contributed by atoms with E-state index in [1.165, 1.54) is 12.1 Å². The molecule has 0 spiro atoms. The van der Waals surface area contributed by atoms with Crippen molar-refractivity contribution in [2.75, 3.05) is 12.4 Å². The van der Waals surface area contributed by atoms with Gasteiger partial charge in [-0.2, -0.15) is 0 Å². The van der Waals surface area contributed by atoms with E-state index in [-0.39, 0.29) is 42.6 Å². The zero-order valence-corrected chi connectivity index (χ0v) is 25.2. The number of nitrogens with one attached hydrogen (secondary N) is 2. The Labute approximate surface area is 242 Å². The van der Waals surface area contributed by atoms with E-state index in [4.69, 9.17) is 4.74 Å². The molecule has 2 N–H and O–H groups in total. The van der Waals surface area contributed by atoms with Crippen LogP contribution in [0.3, 0.4) is 0 Å². The van der Waals surface area contributed by atoms with Crippen molar-refractivity contribution in [1.82, 2.24) is 10.6 Å². The highest BCUT2D eigenvalue weighted by Gasteiger charge is 2.30. The highest BCUT2D eigenvalue weighted by Crippen LogP contribution is 2.20. The first-order valence-corrected chi connectivity index (χ1v) is 15.4. The van der Waals surface area contributed by atoms with Crippen molar-refractivity contribution >= 4 is 38.2 Å². The number of amides is 2. The molecule has 0 bridgehead atoms. The maximum absolute atomic E-state index is 13.3. The lowest BCUT2D eigenvalue weighted by Gasteiger charge is -2.22. The van der Waals surface area contributed by atoms with Crippen LogP contribution in [0, 0.1) is 12.8 Å². The second-order valence-corrected chi connectivity index (χ2v) is 13.5. The monoisotopic (exact) mass is 580 g/mol. The first-order chi connectivity index (χ1) is 19.2. The molecule has 0 fully saturated rings. The van der Waals surface area contributed by atoms with Gasteiger partial charge in [-0.1, -0.05) is 60.2 Å². The Morgan fingerprint density at radius 3 is 2.27 bits per heavy atom. The van der Waals surface area contributed by atoms with E-state index < -0.39 is 39.0 Å². The van der Waals surface area contributed by atoms with E-state index in [2.05, 4.69) is 10.6 Å². The number of benzene rings is 3. The summed E-state index contributed by atoms with van der Waals surface area (Å²) in [7, 11) is -3.83. The Balaban J connectivity index is 1.64. The molecular weight excluding hydrogens is 540 g/mol. The lowest BCUT2D eigenvalue weighted by molar-refractivity contribution is -0.132. The van der Waals surface area contributed by atoms with Crippen LogP contribution >= 0.6 is 0 Å². The molecule has 3 aromatic rings. The van der Waals surface area contributed by atoms with Crippen LogP contribution in [-0.2, 0) is 35.6 Å². The van der Waals surface area contributed by atoms with Crippen LogP contribution in [0.15, 0.2) is 71.6 Å². The summed E-state index contributed by atoms with van der Waals surface area (Å²) < 4.78 is 32.0. The fourth-order valence-electron chi connectivity index (χ4n) is 4.40. The van der Waals surface area contributed by atoms with Gasteiger partial charge in [-0.25, -0.2) is 8.42 Å². The number of fused-ring (bicyclic) bond motifs is 1. The van der Waals surface area contributed by atoms with Crippen molar-refractivity contribution in [1.29, 1.82) is 0 Å². The van der Waals surface area contributed by atoms with Crippen LogP contribution in [-0.4, -0.2) is 50.0 Å². The smallest absolute Gasteiger partial charge is 0.224 e. The van der Waals surface area contributed by atoms with Crippen LogP contribution in [0.5, 0.6) is 0 Å². The molecule has 0 unspecified atom stereocenters. The van der Waals surface area contributed by atoms with E-state index in [0.717, 1.165) is 21.9 Å². The number of carbonyl (C=O) groups excluding carboxylic acids is 3. The molecule has 0 aliphatic heterocycles.